The number of aliphatic hydroxyl groups is 1. The fraction of sp³-hybridized carbons (Fsp3) is 0.0769. The van der Waals surface area contributed by atoms with Gasteiger partial charge in [0.25, 0.3) is 10.0 Å². The van der Waals surface area contributed by atoms with Crippen molar-refractivity contribution in [2.24, 2.45) is 0 Å². The molecule has 0 spiro atoms. The van der Waals surface area contributed by atoms with Crippen LogP contribution in [0.1, 0.15) is 10.4 Å². The smallest absolute Gasteiger partial charge is 0.261 e. The average Bonchev–Trinajstić information content (AvgIpc) is 2.84. The summed E-state index contributed by atoms with van der Waals surface area (Å²) in [6.07, 6.45) is 0. The van der Waals surface area contributed by atoms with Crippen molar-refractivity contribution in [3.05, 3.63) is 57.6 Å². The molecule has 0 fully saturated rings. The van der Waals surface area contributed by atoms with E-state index in [0.29, 0.717) is 10.6 Å². The van der Waals surface area contributed by atoms with Gasteiger partial charge in [-0.3, -0.25) is 4.31 Å². The molecular formula is C13H11NO3S2. The molecule has 4 nitrogen and oxygen atoms in total. The van der Waals surface area contributed by atoms with E-state index in [1.54, 1.807) is 11.4 Å². The Labute approximate surface area is 115 Å². The second-order valence-electron chi connectivity index (χ2n) is 4.18. The standard InChI is InChI=1S/C13H11NO3S2/c15-12-9-19(16,17)14(11-6-7-18-13(11)12)8-10-4-2-1-3-5-10/h1-7,9,15H,8H2. The van der Waals surface area contributed by atoms with Crippen LogP contribution in [0.2, 0.25) is 0 Å². The maximum atomic E-state index is 12.2. The molecule has 0 bridgehead atoms. The highest BCUT2D eigenvalue weighted by Crippen LogP contribution is 2.38. The zero-order valence-electron chi connectivity index (χ0n) is 9.85. The first kappa shape index (κ1) is 12.3. The number of thiophene rings is 1. The predicted octanol–water partition coefficient (Wildman–Crippen LogP) is 2.95. The van der Waals surface area contributed by atoms with Gasteiger partial charge in [0, 0.05) is 0 Å². The molecule has 2 heterocycles. The summed E-state index contributed by atoms with van der Waals surface area (Å²) in [4.78, 5) is 0.589. The summed E-state index contributed by atoms with van der Waals surface area (Å²) < 4.78 is 25.6. The Morgan fingerprint density at radius 1 is 1.16 bits per heavy atom. The summed E-state index contributed by atoms with van der Waals surface area (Å²) in [6, 6.07) is 11.1. The van der Waals surface area contributed by atoms with Gasteiger partial charge in [0.1, 0.15) is 5.76 Å². The molecule has 0 aliphatic carbocycles. The molecule has 3 rings (SSSR count). The number of aliphatic hydroxyl groups excluding tert-OH is 1. The van der Waals surface area contributed by atoms with Gasteiger partial charge in [-0.2, -0.15) is 0 Å². The Morgan fingerprint density at radius 2 is 1.89 bits per heavy atom. The Morgan fingerprint density at radius 3 is 2.63 bits per heavy atom. The van der Waals surface area contributed by atoms with Gasteiger partial charge in [0.2, 0.25) is 0 Å². The summed E-state index contributed by atoms with van der Waals surface area (Å²) in [6.45, 7) is 0.261. The molecule has 19 heavy (non-hydrogen) atoms. The SMILES string of the molecule is O=S1(=O)C=C(O)c2sccc2N1Cc1ccccc1. The maximum Gasteiger partial charge on any atom is 0.261 e. The number of sulfonamides is 1. The summed E-state index contributed by atoms with van der Waals surface area (Å²) in [5.74, 6) is -0.186. The van der Waals surface area contributed by atoms with Crippen molar-refractivity contribution < 1.29 is 13.5 Å². The molecule has 0 radical (unpaired) electrons. The number of hydrogen-bond acceptors (Lipinski definition) is 4. The highest BCUT2D eigenvalue weighted by atomic mass is 32.2. The minimum absolute atomic E-state index is 0.186. The highest BCUT2D eigenvalue weighted by molar-refractivity contribution is 7.95. The molecule has 0 amide bonds. The molecule has 1 aromatic heterocycles. The van der Waals surface area contributed by atoms with Gasteiger partial charge in [-0.15, -0.1) is 11.3 Å². The van der Waals surface area contributed by atoms with Crippen LogP contribution in [0.4, 0.5) is 5.69 Å². The van der Waals surface area contributed by atoms with E-state index in [-0.39, 0.29) is 12.3 Å². The number of hydrogen-bond donors (Lipinski definition) is 1. The molecule has 98 valence electrons. The van der Waals surface area contributed by atoms with Gasteiger partial charge >= 0.3 is 0 Å². The van der Waals surface area contributed by atoms with Crippen LogP contribution in [0.5, 0.6) is 0 Å². The van der Waals surface area contributed by atoms with Crippen molar-refractivity contribution in [3.8, 4) is 0 Å². The van der Waals surface area contributed by atoms with Crippen LogP contribution in [-0.4, -0.2) is 13.5 Å². The average molecular weight is 293 g/mol. The lowest BCUT2D eigenvalue weighted by Gasteiger charge is -2.26. The summed E-state index contributed by atoms with van der Waals surface area (Å²) in [5.41, 5.74) is 1.44. The lowest BCUT2D eigenvalue weighted by Crippen LogP contribution is -2.31. The second kappa shape index (κ2) is 4.40. The Bertz CT molecular complexity index is 732. The summed E-state index contributed by atoms with van der Waals surface area (Å²) in [5, 5.41) is 12.4. The van der Waals surface area contributed by atoms with E-state index in [1.807, 2.05) is 30.3 Å². The van der Waals surface area contributed by atoms with Gasteiger partial charge in [-0.25, -0.2) is 8.42 Å². The van der Waals surface area contributed by atoms with Crippen LogP contribution in [0.15, 0.2) is 47.2 Å². The molecule has 6 heteroatoms. The first-order valence-corrected chi connectivity index (χ1v) is 8.01. The van der Waals surface area contributed by atoms with E-state index >= 15 is 0 Å². The monoisotopic (exact) mass is 293 g/mol. The van der Waals surface area contributed by atoms with Crippen LogP contribution in [0, 0.1) is 0 Å². The third kappa shape index (κ3) is 2.13. The zero-order chi connectivity index (χ0) is 13.5. The molecule has 0 saturated heterocycles. The van der Waals surface area contributed by atoms with Crippen LogP contribution >= 0.6 is 11.3 Å². The van der Waals surface area contributed by atoms with Crippen LogP contribution in [0.3, 0.4) is 0 Å². The number of rotatable bonds is 2. The molecule has 1 aromatic carbocycles. The normalized spacial score (nSPS) is 16.8. The van der Waals surface area contributed by atoms with Crippen LogP contribution < -0.4 is 4.31 Å². The molecule has 2 aromatic rings. The van der Waals surface area contributed by atoms with E-state index in [4.69, 9.17) is 0 Å². The zero-order valence-corrected chi connectivity index (χ0v) is 11.5. The second-order valence-corrected chi connectivity index (χ2v) is 6.80. The third-order valence-electron chi connectivity index (χ3n) is 2.88. The van der Waals surface area contributed by atoms with Gasteiger partial charge < -0.3 is 5.11 Å². The van der Waals surface area contributed by atoms with Crippen LogP contribution in [-0.2, 0) is 16.6 Å². The van der Waals surface area contributed by atoms with Gasteiger partial charge in [-0.1, -0.05) is 30.3 Å². The minimum Gasteiger partial charge on any atom is -0.506 e. The van der Waals surface area contributed by atoms with Gasteiger partial charge in [-0.05, 0) is 17.0 Å². The highest BCUT2D eigenvalue weighted by Gasteiger charge is 2.30. The van der Waals surface area contributed by atoms with E-state index in [1.165, 1.54) is 15.6 Å². The van der Waals surface area contributed by atoms with Crippen molar-refractivity contribution in [3.63, 3.8) is 0 Å². The fourth-order valence-electron chi connectivity index (χ4n) is 2.01. The Hall–Kier alpha value is -1.79. The fourth-order valence-corrected chi connectivity index (χ4v) is 4.24. The lowest BCUT2D eigenvalue weighted by molar-refractivity contribution is 0.512. The molecule has 1 aliphatic heterocycles. The molecule has 0 saturated carbocycles. The van der Waals surface area contributed by atoms with Crippen molar-refractivity contribution in [1.82, 2.24) is 0 Å². The molecular weight excluding hydrogens is 282 g/mol. The quantitative estimate of drug-likeness (QED) is 0.926. The van der Waals surface area contributed by atoms with Crippen molar-refractivity contribution in [1.29, 1.82) is 0 Å². The van der Waals surface area contributed by atoms with Crippen molar-refractivity contribution in [2.45, 2.75) is 6.54 Å². The van der Waals surface area contributed by atoms with Crippen molar-refractivity contribution in [2.75, 3.05) is 4.31 Å². The third-order valence-corrected chi connectivity index (χ3v) is 5.27. The molecule has 1 N–H and O–H groups in total. The molecule has 0 atom stereocenters. The van der Waals surface area contributed by atoms with Gasteiger partial charge in [0.15, 0.2) is 0 Å². The first-order valence-electron chi connectivity index (χ1n) is 5.63. The van der Waals surface area contributed by atoms with E-state index in [9.17, 15) is 13.5 Å². The van der Waals surface area contributed by atoms with Crippen molar-refractivity contribution >= 4 is 32.8 Å². The van der Waals surface area contributed by atoms with E-state index < -0.39 is 10.0 Å². The summed E-state index contributed by atoms with van der Waals surface area (Å²) in [7, 11) is -3.63. The lowest BCUT2D eigenvalue weighted by atomic mass is 10.2. The molecule has 0 unspecified atom stereocenters. The predicted molar refractivity (Wildman–Crippen MR) is 76.5 cm³/mol. The van der Waals surface area contributed by atoms with Gasteiger partial charge in [0.05, 0.1) is 22.5 Å². The number of fused-ring (bicyclic) bond motifs is 1. The number of nitrogens with zero attached hydrogens (tertiary/aromatic N) is 1. The largest absolute Gasteiger partial charge is 0.506 e. The Kier molecular flexibility index (Phi) is 2.83. The Balaban J connectivity index is 2.06. The van der Waals surface area contributed by atoms with Crippen LogP contribution in [0.25, 0.3) is 5.76 Å². The minimum atomic E-state index is -3.63. The number of benzene rings is 1. The first-order chi connectivity index (χ1) is 9.08. The van der Waals surface area contributed by atoms with E-state index in [0.717, 1.165) is 11.0 Å². The summed E-state index contributed by atoms with van der Waals surface area (Å²) >= 11 is 1.32. The topological polar surface area (TPSA) is 57.6 Å². The molecule has 1 aliphatic rings. The number of anilines is 1. The maximum absolute atomic E-state index is 12.2. The van der Waals surface area contributed by atoms with E-state index in [2.05, 4.69) is 0 Å².